The van der Waals surface area contributed by atoms with Gasteiger partial charge in [0.1, 0.15) is 5.76 Å². The molecule has 0 aliphatic heterocycles. The predicted octanol–water partition coefficient (Wildman–Crippen LogP) is 5.94. The molecule has 0 aliphatic carbocycles. The Morgan fingerprint density at radius 1 is 1.00 bits per heavy atom. The Balaban J connectivity index is 0.000000483. The Kier molecular flexibility index (Phi) is 9.84. The van der Waals surface area contributed by atoms with Crippen molar-refractivity contribution in [1.82, 2.24) is 4.98 Å². The second kappa shape index (κ2) is 10.5. The maximum atomic E-state index is 11.5. The number of aliphatic hydroxyl groups excluding tert-OH is 1. The molecule has 1 aromatic heterocycles. The van der Waals surface area contributed by atoms with Gasteiger partial charge in [-0.2, -0.15) is 0 Å². The van der Waals surface area contributed by atoms with Gasteiger partial charge in [0.2, 0.25) is 0 Å². The van der Waals surface area contributed by atoms with Crippen molar-refractivity contribution in [2.75, 3.05) is 0 Å². The van der Waals surface area contributed by atoms with Crippen molar-refractivity contribution in [1.29, 1.82) is 0 Å². The Hall–Kier alpha value is -1.77. The Morgan fingerprint density at radius 3 is 2.07 bits per heavy atom. The smallest absolute Gasteiger partial charge is 0.164 e. The largest absolute Gasteiger partial charge is 0.512 e. The van der Waals surface area contributed by atoms with Crippen molar-refractivity contribution in [3.63, 3.8) is 0 Å². The van der Waals surface area contributed by atoms with Crippen LogP contribution in [0.3, 0.4) is 0 Å². The van der Waals surface area contributed by atoms with Crippen LogP contribution in [-0.4, -0.2) is 15.9 Å². The van der Waals surface area contributed by atoms with E-state index in [1.54, 1.807) is 0 Å². The molecule has 2 aromatic rings. The zero-order chi connectivity index (χ0) is 20.0. The zero-order valence-corrected chi connectivity index (χ0v) is 19.6. The summed E-state index contributed by atoms with van der Waals surface area (Å²) in [5.41, 5.74) is 2.31. The van der Waals surface area contributed by atoms with Crippen LogP contribution >= 0.6 is 0 Å². The average Bonchev–Trinajstić information content (AvgIpc) is 2.54. The van der Waals surface area contributed by atoms with E-state index in [0.717, 1.165) is 17.0 Å². The molecule has 0 bridgehead atoms. The number of rotatable bonds is 2. The van der Waals surface area contributed by atoms with Crippen LogP contribution in [0, 0.1) is 23.8 Å². The fourth-order valence-electron chi connectivity index (χ4n) is 1.80. The first-order valence-electron chi connectivity index (χ1n) is 8.77. The van der Waals surface area contributed by atoms with Crippen molar-refractivity contribution >= 4 is 5.78 Å². The van der Waals surface area contributed by atoms with Gasteiger partial charge in [-0.05, 0) is 18.7 Å². The number of aliphatic hydroxyl groups is 1. The number of nitrogens with zero attached hydrogens (tertiary/aromatic N) is 1. The molecule has 1 radical (unpaired) electrons. The minimum absolute atomic E-state index is 0. The number of allylic oxidation sites excluding steroid dienone is 2. The van der Waals surface area contributed by atoms with Gasteiger partial charge in [-0.1, -0.05) is 53.7 Å². The van der Waals surface area contributed by atoms with E-state index in [0.29, 0.717) is 0 Å². The predicted molar refractivity (Wildman–Crippen MR) is 108 cm³/mol. The van der Waals surface area contributed by atoms with Crippen molar-refractivity contribution in [3.8, 4) is 11.3 Å². The Labute approximate surface area is 177 Å². The van der Waals surface area contributed by atoms with E-state index >= 15 is 0 Å². The molecule has 27 heavy (non-hydrogen) atoms. The summed E-state index contributed by atoms with van der Waals surface area (Å²) in [7, 11) is 0. The third kappa shape index (κ3) is 9.12. The first-order chi connectivity index (χ1) is 11.9. The zero-order valence-electron chi connectivity index (χ0n) is 17.3. The van der Waals surface area contributed by atoms with Gasteiger partial charge in [0.05, 0.1) is 0 Å². The van der Waals surface area contributed by atoms with Gasteiger partial charge in [-0.25, -0.2) is 0 Å². The van der Waals surface area contributed by atoms with Crippen LogP contribution in [0.25, 0.3) is 11.3 Å². The van der Waals surface area contributed by atoms with E-state index in [1.807, 2.05) is 90.9 Å². The average molecular weight is 545 g/mol. The number of carbonyl (C=O) groups excluding carboxylic acids is 1. The normalized spacial score (nSPS) is 11.7. The van der Waals surface area contributed by atoms with E-state index in [-0.39, 0.29) is 37.1 Å². The molecule has 1 N–H and O–H groups in total. The van der Waals surface area contributed by atoms with E-state index in [2.05, 4.69) is 11.1 Å². The van der Waals surface area contributed by atoms with Crippen molar-refractivity contribution in [2.45, 2.75) is 48.5 Å². The molecule has 0 fully saturated rings. The molecule has 0 aliphatic rings. The molecular formula is C23H30IrNO2-. The second-order valence-electron chi connectivity index (χ2n) is 8.33. The molecule has 0 saturated carbocycles. The Bertz CT molecular complexity index is 754. The third-order valence-electron chi connectivity index (χ3n) is 3.65. The van der Waals surface area contributed by atoms with E-state index in [1.165, 1.54) is 6.08 Å². The molecule has 0 amide bonds. The molecule has 3 nitrogen and oxygen atoms in total. The van der Waals surface area contributed by atoms with Crippen LogP contribution in [0.15, 0.2) is 54.3 Å². The van der Waals surface area contributed by atoms with Crippen LogP contribution in [0.5, 0.6) is 0 Å². The summed E-state index contributed by atoms with van der Waals surface area (Å²) in [5, 5.41) is 9.56. The van der Waals surface area contributed by atoms with Crippen molar-refractivity contribution in [3.05, 3.63) is 66.1 Å². The van der Waals surface area contributed by atoms with Gasteiger partial charge in [-0.3, -0.25) is 4.79 Å². The van der Waals surface area contributed by atoms with Gasteiger partial charge in [0, 0.05) is 42.7 Å². The number of aryl methyl sites for hydroxylation is 1. The molecule has 0 spiro atoms. The molecule has 0 unspecified atom stereocenters. The number of carbonyl (C=O) groups is 1. The van der Waals surface area contributed by atoms with Gasteiger partial charge < -0.3 is 10.1 Å². The number of ketones is 1. The third-order valence-corrected chi connectivity index (χ3v) is 3.65. The first-order valence-corrected chi connectivity index (χ1v) is 8.77. The molecule has 4 heteroatoms. The first kappa shape index (κ1) is 25.2. The fourth-order valence-corrected chi connectivity index (χ4v) is 1.80. The molecule has 0 atom stereocenters. The number of benzene rings is 1. The van der Waals surface area contributed by atoms with Crippen LogP contribution in [0.4, 0.5) is 0 Å². The van der Waals surface area contributed by atoms with Crippen LogP contribution in [-0.2, 0) is 24.9 Å². The summed E-state index contributed by atoms with van der Waals surface area (Å²) in [6.45, 7) is 13.1. The summed E-state index contributed by atoms with van der Waals surface area (Å²) >= 11 is 0. The second-order valence-corrected chi connectivity index (χ2v) is 8.33. The van der Waals surface area contributed by atoms with Crippen LogP contribution in [0.2, 0.25) is 0 Å². The number of pyridine rings is 1. The molecule has 1 aromatic carbocycles. The van der Waals surface area contributed by atoms with Crippen LogP contribution < -0.4 is 0 Å². The summed E-state index contributed by atoms with van der Waals surface area (Å²) in [4.78, 5) is 15.9. The summed E-state index contributed by atoms with van der Waals surface area (Å²) in [5.74, 6) is 0.104. The monoisotopic (exact) mass is 545 g/mol. The van der Waals surface area contributed by atoms with Gasteiger partial charge in [0.25, 0.3) is 0 Å². The minimum atomic E-state index is -0.417. The summed E-state index contributed by atoms with van der Waals surface area (Å²) in [6.07, 6.45) is 1.33. The molecular weight excluding hydrogens is 514 g/mol. The van der Waals surface area contributed by atoms with Crippen LogP contribution in [0.1, 0.15) is 47.2 Å². The standard InChI is InChI=1S/C12H10N.C11H20O2.Ir/c1-10-6-5-9-12(13-10)11-7-3-2-4-8-11;1-10(2,3)8(12)7-9(13)11(4,5)6;/h2-7,9H,1H3;7,12H,1-6H3;/q-1;;/b;8-7-;. The number of hydrogen-bond acceptors (Lipinski definition) is 3. The van der Waals surface area contributed by atoms with Gasteiger partial charge in [-0.15, -0.1) is 35.9 Å². The molecule has 149 valence electrons. The maximum absolute atomic E-state index is 11.5. The quantitative estimate of drug-likeness (QED) is 0.289. The minimum Gasteiger partial charge on any atom is -0.512 e. The van der Waals surface area contributed by atoms with Crippen molar-refractivity contribution in [2.24, 2.45) is 10.8 Å². The topological polar surface area (TPSA) is 50.2 Å². The van der Waals surface area contributed by atoms with E-state index in [9.17, 15) is 9.90 Å². The molecule has 0 saturated heterocycles. The van der Waals surface area contributed by atoms with Gasteiger partial charge >= 0.3 is 0 Å². The van der Waals surface area contributed by atoms with Crippen molar-refractivity contribution < 1.29 is 30.0 Å². The fraction of sp³-hybridized carbons (Fsp3) is 0.391. The number of hydrogen-bond donors (Lipinski definition) is 1. The van der Waals surface area contributed by atoms with E-state index in [4.69, 9.17) is 0 Å². The molecule has 1 heterocycles. The SMILES string of the molecule is CC(C)(C)C(=O)/C=C(\O)C(C)(C)C.Cc1cccc(-c2[c-]cccc2)n1.[Ir]. The van der Waals surface area contributed by atoms with Gasteiger partial charge in [0.15, 0.2) is 5.78 Å². The maximum Gasteiger partial charge on any atom is 0.164 e. The van der Waals surface area contributed by atoms with E-state index < -0.39 is 5.41 Å². The Morgan fingerprint density at radius 2 is 1.63 bits per heavy atom. The number of aromatic nitrogens is 1. The summed E-state index contributed by atoms with van der Waals surface area (Å²) in [6, 6.07) is 17.0. The molecule has 2 rings (SSSR count). The summed E-state index contributed by atoms with van der Waals surface area (Å²) < 4.78 is 0.